The predicted molar refractivity (Wildman–Crippen MR) is 79.1 cm³/mol. The molecule has 0 bridgehead atoms. The Kier molecular flexibility index (Phi) is 5.02. The molecule has 1 aromatic carbocycles. The summed E-state index contributed by atoms with van der Waals surface area (Å²) in [5.74, 6) is 0.982. The van der Waals surface area contributed by atoms with Crippen molar-refractivity contribution in [3.63, 3.8) is 0 Å². The van der Waals surface area contributed by atoms with E-state index in [1.807, 2.05) is 39.0 Å². The summed E-state index contributed by atoms with van der Waals surface area (Å²) in [5, 5.41) is 13.1. The van der Waals surface area contributed by atoms with Crippen molar-refractivity contribution < 1.29 is 14.6 Å². The van der Waals surface area contributed by atoms with Crippen LogP contribution in [0.2, 0.25) is 0 Å². The number of aliphatic hydroxyl groups is 1. The summed E-state index contributed by atoms with van der Waals surface area (Å²) in [6.07, 6.45) is 0.596. The summed E-state index contributed by atoms with van der Waals surface area (Å²) >= 11 is 0. The van der Waals surface area contributed by atoms with Crippen LogP contribution in [-0.4, -0.2) is 42.6 Å². The lowest BCUT2D eigenvalue weighted by atomic mass is 10.1. The highest BCUT2D eigenvalue weighted by Crippen LogP contribution is 2.27. The standard InChI is InChI=1S/C16H25NO3/c1-16(2,3)19-11-13(18)9-17-10-14-8-12-6-4-5-7-15(12)20-14/h4-7,13-14,17-18H,8-11H2,1-3H3. The van der Waals surface area contributed by atoms with Gasteiger partial charge < -0.3 is 19.9 Å². The third-order valence-electron chi connectivity index (χ3n) is 3.17. The van der Waals surface area contributed by atoms with Crippen LogP contribution in [0, 0.1) is 0 Å². The van der Waals surface area contributed by atoms with Crippen molar-refractivity contribution in [1.82, 2.24) is 5.32 Å². The van der Waals surface area contributed by atoms with Crippen molar-refractivity contribution in [1.29, 1.82) is 0 Å². The minimum absolute atomic E-state index is 0.156. The highest BCUT2D eigenvalue weighted by atomic mass is 16.5. The smallest absolute Gasteiger partial charge is 0.123 e. The predicted octanol–water partition coefficient (Wildman–Crippen LogP) is 1.76. The number of rotatable bonds is 6. The molecule has 0 amide bonds. The minimum atomic E-state index is -0.488. The van der Waals surface area contributed by atoms with E-state index in [-0.39, 0.29) is 11.7 Å². The highest BCUT2D eigenvalue weighted by molar-refractivity contribution is 5.37. The van der Waals surface area contributed by atoms with E-state index in [1.54, 1.807) is 0 Å². The first kappa shape index (κ1) is 15.3. The van der Waals surface area contributed by atoms with Gasteiger partial charge in [-0.25, -0.2) is 0 Å². The zero-order valence-electron chi connectivity index (χ0n) is 12.6. The van der Waals surface area contributed by atoms with Gasteiger partial charge in [0, 0.05) is 19.5 Å². The summed E-state index contributed by atoms with van der Waals surface area (Å²) in [6, 6.07) is 8.12. The topological polar surface area (TPSA) is 50.7 Å². The normalized spacial score (nSPS) is 19.5. The van der Waals surface area contributed by atoms with Crippen LogP contribution < -0.4 is 10.1 Å². The van der Waals surface area contributed by atoms with Crippen LogP contribution in [0.1, 0.15) is 26.3 Å². The Morgan fingerprint density at radius 3 is 2.85 bits per heavy atom. The number of benzene rings is 1. The lowest BCUT2D eigenvalue weighted by Gasteiger charge is -2.22. The molecule has 0 radical (unpaired) electrons. The highest BCUT2D eigenvalue weighted by Gasteiger charge is 2.22. The van der Waals surface area contributed by atoms with E-state index >= 15 is 0 Å². The van der Waals surface area contributed by atoms with Gasteiger partial charge in [0.25, 0.3) is 0 Å². The fourth-order valence-electron chi connectivity index (χ4n) is 2.18. The maximum atomic E-state index is 9.83. The molecule has 2 rings (SSSR count). The first-order chi connectivity index (χ1) is 9.44. The molecular weight excluding hydrogens is 254 g/mol. The summed E-state index contributed by atoms with van der Waals surface area (Å²) in [6.45, 7) is 7.56. The first-order valence-electron chi connectivity index (χ1n) is 7.21. The van der Waals surface area contributed by atoms with Crippen LogP contribution in [-0.2, 0) is 11.2 Å². The van der Waals surface area contributed by atoms with Gasteiger partial charge in [0.1, 0.15) is 11.9 Å². The van der Waals surface area contributed by atoms with Gasteiger partial charge in [0.2, 0.25) is 0 Å². The van der Waals surface area contributed by atoms with Crippen LogP contribution in [0.4, 0.5) is 0 Å². The second kappa shape index (κ2) is 6.57. The van der Waals surface area contributed by atoms with Crippen molar-refractivity contribution in [3.8, 4) is 5.75 Å². The van der Waals surface area contributed by atoms with Gasteiger partial charge in [0.05, 0.1) is 18.3 Å². The zero-order chi connectivity index (χ0) is 14.6. The minimum Gasteiger partial charge on any atom is -0.488 e. The van der Waals surface area contributed by atoms with E-state index in [4.69, 9.17) is 9.47 Å². The molecule has 0 aliphatic carbocycles. The number of hydrogen-bond acceptors (Lipinski definition) is 4. The maximum absolute atomic E-state index is 9.83. The SMILES string of the molecule is CC(C)(C)OCC(O)CNCC1Cc2ccccc2O1. The van der Waals surface area contributed by atoms with E-state index in [9.17, 15) is 5.11 Å². The van der Waals surface area contributed by atoms with E-state index in [0.29, 0.717) is 13.2 Å². The molecule has 0 fully saturated rings. The van der Waals surface area contributed by atoms with Crippen LogP contribution in [0.5, 0.6) is 5.75 Å². The molecule has 4 nitrogen and oxygen atoms in total. The lowest BCUT2D eigenvalue weighted by molar-refractivity contribution is -0.0481. The maximum Gasteiger partial charge on any atom is 0.123 e. The first-order valence-corrected chi connectivity index (χ1v) is 7.21. The summed E-state index contributed by atoms with van der Waals surface area (Å²) in [5.41, 5.74) is 1.05. The Balaban J connectivity index is 1.63. The molecule has 0 aromatic heterocycles. The Morgan fingerprint density at radius 1 is 1.40 bits per heavy atom. The Bertz CT molecular complexity index is 403. The molecular formula is C16H25NO3. The van der Waals surface area contributed by atoms with E-state index < -0.39 is 6.10 Å². The van der Waals surface area contributed by atoms with E-state index in [2.05, 4.69) is 11.4 Å². The Labute approximate surface area is 121 Å². The van der Waals surface area contributed by atoms with Crippen LogP contribution in [0.3, 0.4) is 0 Å². The number of fused-ring (bicyclic) bond motifs is 1. The van der Waals surface area contributed by atoms with Gasteiger partial charge in [-0.3, -0.25) is 0 Å². The van der Waals surface area contributed by atoms with Gasteiger partial charge >= 0.3 is 0 Å². The fourth-order valence-corrected chi connectivity index (χ4v) is 2.18. The average molecular weight is 279 g/mol. The average Bonchev–Trinajstić information content (AvgIpc) is 2.78. The summed E-state index contributed by atoms with van der Waals surface area (Å²) < 4.78 is 11.4. The Hall–Kier alpha value is -1.10. The molecule has 2 N–H and O–H groups in total. The monoisotopic (exact) mass is 279 g/mol. The number of nitrogens with one attached hydrogen (secondary N) is 1. The molecule has 112 valence electrons. The molecule has 1 aliphatic rings. The lowest BCUT2D eigenvalue weighted by Crippen LogP contribution is -2.38. The molecule has 20 heavy (non-hydrogen) atoms. The second-order valence-corrected chi connectivity index (χ2v) is 6.29. The summed E-state index contributed by atoms with van der Waals surface area (Å²) in [7, 11) is 0. The molecule has 0 saturated carbocycles. The third kappa shape index (κ3) is 4.78. The summed E-state index contributed by atoms with van der Waals surface area (Å²) in [4.78, 5) is 0. The molecule has 1 heterocycles. The Morgan fingerprint density at radius 2 is 2.15 bits per heavy atom. The van der Waals surface area contributed by atoms with Crippen molar-refractivity contribution in [2.45, 2.75) is 45.0 Å². The quantitative estimate of drug-likeness (QED) is 0.833. The van der Waals surface area contributed by atoms with Gasteiger partial charge in [-0.1, -0.05) is 18.2 Å². The second-order valence-electron chi connectivity index (χ2n) is 6.29. The number of hydrogen-bond donors (Lipinski definition) is 2. The number of ether oxygens (including phenoxy) is 2. The van der Waals surface area contributed by atoms with Gasteiger partial charge in [-0.15, -0.1) is 0 Å². The zero-order valence-corrected chi connectivity index (χ0v) is 12.6. The molecule has 2 unspecified atom stereocenters. The fraction of sp³-hybridized carbons (Fsp3) is 0.625. The van der Waals surface area contributed by atoms with Crippen molar-refractivity contribution in [2.24, 2.45) is 0 Å². The molecule has 4 heteroatoms. The van der Waals surface area contributed by atoms with Crippen molar-refractivity contribution in [2.75, 3.05) is 19.7 Å². The number of aliphatic hydroxyl groups excluding tert-OH is 1. The molecule has 1 aliphatic heterocycles. The largest absolute Gasteiger partial charge is 0.488 e. The molecule has 2 atom stereocenters. The number of para-hydroxylation sites is 1. The van der Waals surface area contributed by atoms with E-state index in [0.717, 1.165) is 18.7 Å². The van der Waals surface area contributed by atoms with Gasteiger partial charge in [-0.2, -0.15) is 0 Å². The molecule has 1 aromatic rings. The van der Waals surface area contributed by atoms with Crippen LogP contribution in [0.15, 0.2) is 24.3 Å². The van der Waals surface area contributed by atoms with Crippen LogP contribution in [0.25, 0.3) is 0 Å². The van der Waals surface area contributed by atoms with Crippen molar-refractivity contribution in [3.05, 3.63) is 29.8 Å². The van der Waals surface area contributed by atoms with Gasteiger partial charge in [-0.05, 0) is 32.4 Å². The molecule has 0 spiro atoms. The van der Waals surface area contributed by atoms with Crippen molar-refractivity contribution >= 4 is 0 Å². The van der Waals surface area contributed by atoms with E-state index in [1.165, 1.54) is 5.56 Å². The van der Waals surface area contributed by atoms with Gasteiger partial charge in [0.15, 0.2) is 0 Å². The third-order valence-corrected chi connectivity index (χ3v) is 3.17. The molecule has 0 saturated heterocycles. The van der Waals surface area contributed by atoms with Crippen LogP contribution >= 0.6 is 0 Å².